The van der Waals surface area contributed by atoms with Crippen LogP contribution in [0.3, 0.4) is 0 Å². The molecule has 0 unspecified atom stereocenters. The van der Waals surface area contributed by atoms with E-state index in [1.807, 2.05) is 0 Å². The third-order valence-electron chi connectivity index (χ3n) is 3.19. The number of carbonyl (C=O) groups excluding carboxylic acids is 1. The Bertz CT molecular complexity index is 916. The van der Waals surface area contributed by atoms with Gasteiger partial charge in [-0.05, 0) is 42.5 Å². The van der Waals surface area contributed by atoms with Crippen LogP contribution in [-0.2, 0) is 0 Å². The van der Waals surface area contributed by atoms with Crippen molar-refractivity contribution in [2.24, 2.45) is 0 Å². The smallest absolute Gasteiger partial charge is 0.274 e. The Kier molecular flexibility index (Phi) is 5.38. The maximum Gasteiger partial charge on any atom is 0.274 e. The van der Waals surface area contributed by atoms with E-state index < -0.39 is 5.91 Å². The fourth-order valence-electron chi connectivity index (χ4n) is 1.99. The minimum Gasteiger partial charge on any atom is -0.324 e. The SMILES string of the molecule is O=C(Nc1cccc(Cl)c1Cl)c1ccnc(Nc2ccc(Cl)cc2)n1. The van der Waals surface area contributed by atoms with Crippen LogP contribution < -0.4 is 10.6 Å². The first kappa shape index (κ1) is 17.5. The topological polar surface area (TPSA) is 66.9 Å². The Hall–Kier alpha value is -2.34. The van der Waals surface area contributed by atoms with Crippen molar-refractivity contribution in [3.8, 4) is 0 Å². The summed E-state index contributed by atoms with van der Waals surface area (Å²) in [5, 5.41) is 6.92. The molecular formula is C17H11Cl3N4O. The molecule has 5 nitrogen and oxygen atoms in total. The molecule has 0 aliphatic heterocycles. The number of anilines is 3. The molecule has 3 aromatic rings. The van der Waals surface area contributed by atoms with Gasteiger partial charge in [-0.3, -0.25) is 4.79 Å². The van der Waals surface area contributed by atoms with Crippen molar-refractivity contribution in [3.05, 3.63) is 75.5 Å². The summed E-state index contributed by atoms with van der Waals surface area (Å²) >= 11 is 17.9. The Balaban J connectivity index is 1.77. The number of nitrogens with zero attached hydrogens (tertiary/aromatic N) is 2. The second kappa shape index (κ2) is 7.70. The lowest BCUT2D eigenvalue weighted by Gasteiger charge is -2.09. The average Bonchev–Trinajstić information content (AvgIpc) is 2.61. The summed E-state index contributed by atoms with van der Waals surface area (Å²) in [4.78, 5) is 20.7. The van der Waals surface area contributed by atoms with E-state index in [9.17, 15) is 4.79 Å². The van der Waals surface area contributed by atoms with Gasteiger partial charge in [-0.2, -0.15) is 0 Å². The number of hydrogen-bond donors (Lipinski definition) is 2. The molecule has 2 N–H and O–H groups in total. The average molecular weight is 394 g/mol. The molecule has 1 amide bonds. The summed E-state index contributed by atoms with van der Waals surface area (Å²) in [6.45, 7) is 0. The lowest BCUT2D eigenvalue weighted by Crippen LogP contribution is -2.15. The van der Waals surface area contributed by atoms with Gasteiger partial charge in [0.15, 0.2) is 0 Å². The van der Waals surface area contributed by atoms with Crippen LogP contribution in [0.25, 0.3) is 0 Å². The van der Waals surface area contributed by atoms with Crippen molar-refractivity contribution in [3.63, 3.8) is 0 Å². The molecule has 0 aliphatic rings. The molecule has 0 saturated heterocycles. The first-order valence-corrected chi connectivity index (χ1v) is 8.27. The molecule has 25 heavy (non-hydrogen) atoms. The maximum atomic E-state index is 12.4. The molecule has 0 spiro atoms. The van der Waals surface area contributed by atoms with Crippen LogP contribution in [0.1, 0.15) is 10.5 Å². The van der Waals surface area contributed by atoms with E-state index in [0.717, 1.165) is 5.69 Å². The molecule has 3 rings (SSSR count). The van der Waals surface area contributed by atoms with Crippen molar-refractivity contribution in [2.45, 2.75) is 0 Å². The first-order chi connectivity index (χ1) is 12.0. The van der Waals surface area contributed by atoms with E-state index in [2.05, 4.69) is 20.6 Å². The largest absolute Gasteiger partial charge is 0.324 e. The summed E-state index contributed by atoms with van der Waals surface area (Å²) < 4.78 is 0. The predicted octanol–water partition coefficient (Wildman–Crippen LogP) is 5.43. The van der Waals surface area contributed by atoms with E-state index in [4.69, 9.17) is 34.8 Å². The monoisotopic (exact) mass is 392 g/mol. The van der Waals surface area contributed by atoms with Crippen LogP contribution in [0, 0.1) is 0 Å². The number of carbonyl (C=O) groups is 1. The summed E-state index contributed by atoms with van der Waals surface area (Å²) in [6.07, 6.45) is 1.49. The molecule has 126 valence electrons. The van der Waals surface area contributed by atoms with Gasteiger partial charge in [0.25, 0.3) is 5.91 Å². The Labute approximate surface area is 159 Å². The number of halogens is 3. The Morgan fingerprint density at radius 2 is 1.72 bits per heavy atom. The number of aromatic nitrogens is 2. The summed E-state index contributed by atoms with van der Waals surface area (Å²) in [5.74, 6) is -0.141. The normalized spacial score (nSPS) is 10.4. The highest BCUT2D eigenvalue weighted by molar-refractivity contribution is 6.44. The van der Waals surface area contributed by atoms with Gasteiger partial charge in [-0.1, -0.05) is 40.9 Å². The van der Waals surface area contributed by atoms with Gasteiger partial charge in [0.1, 0.15) is 5.69 Å². The van der Waals surface area contributed by atoms with Crippen LogP contribution in [0.15, 0.2) is 54.7 Å². The second-order valence-corrected chi connectivity index (χ2v) is 6.17. The highest BCUT2D eigenvalue weighted by Crippen LogP contribution is 2.29. The van der Waals surface area contributed by atoms with Crippen molar-refractivity contribution in [2.75, 3.05) is 10.6 Å². The van der Waals surface area contributed by atoms with Gasteiger partial charge in [0.2, 0.25) is 5.95 Å². The number of benzene rings is 2. The first-order valence-electron chi connectivity index (χ1n) is 7.14. The summed E-state index contributed by atoms with van der Waals surface area (Å²) in [6, 6.07) is 13.5. The van der Waals surface area contributed by atoms with Gasteiger partial charge in [0, 0.05) is 16.9 Å². The van der Waals surface area contributed by atoms with E-state index in [-0.39, 0.29) is 16.7 Å². The minimum absolute atomic E-state index is 0.183. The van der Waals surface area contributed by atoms with Gasteiger partial charge < -0.3 is 10.6 Å². The predicted molar refractivity (Wildman–Crippen MR) is 101 cm³/mol. The van der Waals surface area contributed by atoms with Gasteiger partial charge in [-0.25, -0.2) is 9.97 Å². The minimum atomic E-state index is -0.425. The van der Waals surface area contributed by atoms with Crippen LogP contribution in [0.2, 0.25) is 15.1 Å². The molecule has 1 aromatic heterocycles. The molecule has 0 atom stereocenters. The zero-order valence-electron chi connectivity index (χ0n) is 12.6. The third kappa shape index (κ3) is 4.39. The van der Waals surface area contributed by atoms with Crippen molar-refractivity contribution in [1.82, 2.24) is 9.97 Å². The standard InChI is InChI=1S/C17H11Cl3N4O/c18-10-4-6-11(7-5-10)22-17-21-9-8-14(24-17)16(25)23-13-3-1-2-12(19)15(13)20/h1-9H,(H,23,25)(H,21,22,24). The molecule has 0 aliphatic carbocycles. The molecule has 8 heteroatoms. The molecule has 0 saturated carbocycles. The number of hydrogen-bond acceptors (Lipinski definition) is 4. The fourth-order valence-corrected chi connectivity index (χ4v) is 2.47. The quantitative estimate of drug-likeness (QED) is 0.620. The molecule has 0 bridgehead atoms. The van der Waals surface area contributed by atoms with Crippen molar-refractivity contribution < 1.29 is 4.79 Å². The molecule has 0 radical (unpaired) electrons. The van der Waals surface area contributed by atoms with E-state index >= 15 is 0 Å². The van der Waals surface area contributed by atoms with Gasteiger partial charge in [-0.15, -0.1) is 0 Å². The maximum absolute atomic E-state index is 12.4. The number of nitrogens with one attached hydrogen (secondary N) is 2. The molecular weight excluding hydrogens is 383 g/mol. The van der Waals surface area contributed by atoms with E-state index in [0.29, 0.717) is 15.7 Å². The Morgan fingerprint density at radius 1 is 0.960 bits per heavy atom. The summed E-state index contributed by atoms with van der Waals surface area (Å²) in [5.41, 5.74) is 1.34. The Morgan fingerprint density at radius 3 is 2.48 bits per heavy atom. The van der Waals surface area contributed by atoms with Crippen LogP contribution >= 0.6 is 34.8 Å². The highest BCUT2D eigenvalue weighted by atomic mass is 35.5. The number of rotatable bonds is 4. The van der Waals surface area contributed by atoms with Crippen LogP contribution in [0.4, 0.5) is 17.3 Å². The van der Waals surface area contributed by atoms with Crippen molar-refractivity contribution in [1.29, 1.82) is 0 Å². The molecule has 1 heterocycles. The fraction of sp³-hybridized carbons (Fsp3) is 0. The lowest BCUT2D eigenvalue weighted by atomic mass is 10.3. The molecule has 2 aromatic carbocycles. The highest BCUT2D eigenvalue weighted by Gasteiger charge is 2.12. The van der Waals surface area contributed by atoms with Crippen LogP contribution in [-0.4, -0.2) is 15.9 Å². The summed E-state index contributed by atoms with van der Waals surface area (Å²) in [7, 11) is 0. The van der Waals surface area contributed by atoms with Gasteiger partial charge in [0.05, 0.1) is 15.7 Å². The number of amides is 1. The lowest BCUT2D eigenvalue weighted by molar-refractivity contribution is 0.102. The van der Waals surface area contributed by atoms with E-state index in [1.54, 1.807) is 42.5 Å². The van der Waals surface area contributed by atoms with Crippen LogP contribution in [0.5, 0.6) is 0 Å². The van der Waals surface area contributed by atoms with Gasteiger partial charge >= 0.3 is 0 Å². The zero-order valence-corrected chi connectivity index (χ0v) is 14.9. The third-order valence-corrected chi connectivity index (χ3v) is 4.26. The zero-order chi connectivity index (χ0) is 17.8. The second-order valence-electron chi connectivity index (χ2n) is 4.95. The molecule has 0 fully saturated rings. The van der Waals surface area contributed by atoms with E-state index in [1.165, 1.54) is 12.3 Å². The van der Waals surface area contributed by atoms with Crippen molar-refractivity contribution >= 4 is 58.0 Å².